The number of nitrogens with zero attached hydrogens (tertiary/aromatic N) is 3. The molecule has 0 aromatic heterocycles. The minimum atomic E-state index is -0.472. The number of ether oxygens (including phenoxy) is 1. The summed E-state index contributed by atoms with van der Waals surface area (Å²) in [6.45, 7) is 18.0. The third-order valence-corrected chi connectivity index (χ3v) is 4.83. The standard InChI is InChI=1S/C20H41N5O2/c1-14(2)25-12-16(4)17(13-25)23-18(21-8)22-10-15(3)11-24(9)19(26)27-20(5,6)7/h14-17H,10-13H2,1-9H3,(H2,21,22,23). The van der Waals surface area contributed by atoms with Crippen LogP contribution in [-0.2, 0) is 4.74 Å². The molecule has 7 nitrogen and oxygen atoms in total. The zero-order chi connectivity index (χ0) is 20.8. The van der Waals surface area contributed by atoms with Gasteiger partial charge in [-0.15, -0.1) is 0 Å². The number of carbonyl (C=O) groups is 1. The summed E-state index contributed by atoms with van der Waals surface area (Å²) in [5.41, 5.74) is -0.472. The van der Waals surface area contributed by atoms with Crippen LogP contribution in [0.5, 0.6) is 0 Å². The van der Waals surface area contributed by atoms with E-state index in [1.807, 2.05) is 20.8 Å². The second kappa shape index (κ2) is 10.2. The average Bonchev–Trinajstić information content (AvgIpc) is 2.90. The van der Waals surface area contributed by atoms with Crippen LogP contribution in [-0.4, -0.2) is 79.8 Å². The van der Waals surface area contributed by atoms with Crippen LogP contribution >= 0.6 is 0 Å². The predicted octanol–water partition coefficient (Wildman–Crippen LogP) is 2.38. The largest absolute Gasteiger partial charge is 0.444 e. The molecule has 3 unspecified atom stereocenters. The maximum absolute atomic E-state index is 12.1. The lowest BCUT2D eigenvalue weighted by Crippen LogP contribution is -2.48. The van der Waals surface area contributed by atoms with E-state index >= 15 is 0 Å². The van der Waals surface area contributed by atoms with Crippen molar-refractivity contribution >= 4 is 12.1 Å². The molecule has 1 fully saturated rings. The summed E-state index contributed by atoms with van der Waals surface area (Å²) in [4.78, 5) is 20.6. The smallest absolute Gasteiger partial charge is 0.410 e. The van der Waals surface area contributed by atoms with Gasteiger partial charge in [0.2, 0.25) is 0 Å². The summed E-state index contributed by atoms with van der Waals surface area (Å²) < 4.78 is 5.40. The van der Waals surface area contributed by atoms with Crippen molar-refractivity contribution in [2.24, 2.45) is 16.8 Å². The summed E-state index contributed by atoms with van der Waals surface area (Å²) in [7, 11) is 3.57. The monoisotopic (exact) mass is 383 g/mol. The SMILES string of the molecule is CN=C(NCC(C)CN(C)C(=O)OC(C)(C)C)NC1CN(C(C)C)CC1C. The molecule has 0 spiro atoms. The Bertz CT molecular complexity index is 501. The first kappa shape index (κ1) is 23.5. The van der Waals surface area contributed by atoms with Crippen molar-refractivity contribution in [2.75, 3.05) is 40.3 Å². The van der Waals surface area contributed by atoms with Crippen molar-refractivity contribution in [1.29, 1.82) is 0 Å². The number of guanidine groups is 1. The Labute approximate surface area is 165 Å². The molecule has 1 heterocycles. The van der Waals surface area contributed by atoms with Crippen LogP contribution in [0.1, 0.15) is 48.5 Å². The number of rotatable bonds is 6. The van der Waals surface area contributed by atoms with Crippen molar-refractivity contribution < 1.29 is 9.53 Å². The van der Waals surface area contributed by atoms with E-state index in [0.29, 0.717) is 24.5 Å². The van der Waals surface area contributed by atoms with Crippen LogP contribution in [0.15, 0.2) is 4.99 Å². The number of aliphatic imine (C=N–C) groups is 1. The Morgan fingerprint density at radius 3 is 2.41 bits per heavy atom. The van der Waals surface area contributed by atoms with Crippen molar-refractivity contribution in [3.8, 4) is 0 Å². The van der Waals surface area contributed by atoms with Gasteiger partial charge in [-0.1, -0.05) is 13.8 Å². The summed E-state index contributed by atoms with van der Waals surface area (Å²) >= 11 is 0. The van der Waals surface area contributed by atoms with Crippen LogP contribution in [0.4, 0.5) is 4.79 Å². The first-order valence-corrected chi connectivity index (χ1v) is 10.1. The Hall–Kier alpha value is -1.50. The van der Waals surface area contributed by atoms with Gasteiger partial charge in [0.15, 0.2) is 5.96 Å². The van der Waals surface area contributed by atoms with Gasteiger partial charge in [-0.3, -0.25) is 9.89 Å². The molecule has 1 saturated heterocycles. The molecule has 158 valence electrons. The van der Waals surface area contributed by atoms with Crippen molar-refractivity contribution in [3.05, 3.63) is 0 Å². The van der Waals surface area contributed by atoms with E-state index in [-0.39, 0.29) is 12.0 Å². The molecule has 0 aromatic rings. The molecule has 27 heavy (non-hydrogen) atoms. The van der Waals surface area contributed by atoms with Crippen LogP contribution in [0.2, 0.25) is 0 Å². The molecular formula is C20H41N5O2. The number of carbonyl (C=O) groups excluding carboxylic acids is 1. The van der Waals surface area contributed by atoms with E-state index < -0.39 is 5.60 Å². The van der Waals surface area contributed by atoms with E-state index in [9.17, 15) is 4.79 Å². The van der Waals surface area contributed by atoms with Crippen LogP contribution in [0.3, 0.4) is 0 Å². The van der Waals surface area contributed by atoms with Crippen LogP contribution < -0.4 is 10.6 Å². The first-order valence-electron chi connectivity index (χ1n) is 10.1. The molecular weight excluding hydrogens is 342 g/mol. The number of likely N-dealkylation sites (tertiary alicyclic amines) is 1. The molecule has 0 saturated carbocycles. The van der Waals surface area contributed by atoms with Crippen molar-refractivity contribution in [1.82, 2.24) is 20.4 Å². The van der Waals surface area contributed by atoms with Crippen molar-refractivity contribution in [2.45, 2.75) is 66.2 Å². The minimum Gasteiger partial charge on any atom is -0.444 e. The number of amides is 1. The average molecular weight is 384 g/mol. The topological polar surface area (TPSA) is 69.2 Å². The summed E-state index contributed by atoms with van der Waals surface area (Å²) in [5, 5.41) is 6.95. The fourth-order valence-electron chi connectivity index (χ4n) is 3.20. The van der Waals surface area contributed by atoms with E-state index in [0.717, 1.165) is 25.6 Å². The maximum Gasteiger partial charge on any atom is 0.410 e. The van der Waals surface area contributed by atoms with Crippen molar-refractivity contribution in [3.63, 3.8) is 0 Å². The molecule has 7 heteroatoms. The Kier molecular flexibility index (Phi) is 8.85. The Morgan fingerprint density at radius 2 is 1.93 bits per heavy atom. The van der Waals surface area contributed by atoms with Gasteiger partial charge in [0.25, 0.3) is 0 Å². The Morgan fingerprint density at radius 1 is 1.30 bits per heavy atom. The van der Waals surface area contributed by atoms with Crippen LogP contribution in [0.25, 0.3) is 0 Å². The summed E-state index contributed by atoms with van der Waals surface area (Å²) in [6.07, 6.45) is -0.287. The fourth-order valence-corrected chi connectivity index (χ4v) is 3.20. The van der Waals surface area contributed by atoms with E-state index in [1.165, 1.54) is 0 Å². The summed E-state index contributed by atoms with van der Waals surface area (Å²) in [6, 6.07) is 0.969. The highest BCUT2D eigenvalue weighted by Crippen LogP contribution is 2.18. The lowest BCUT2D eigenvalue weighted by Gasteiger charge is -2.27. The molecule has 0 radical (unpaired) electrons. The lowest BCUT2D eigenvalue weighted by molar-refractivity contribution is 0.0278. The predicted molar refractivity (Wildman–Crippen MR) is 112 cm³/mol. The lowest BCUT2D eigenvalue weighted by atomic mass is 10.1. The van der Waals surface area contributed by atoms with Gasteiger partial charge in [0, 0.05) is 52.4 Å². The Balaban J connectivity index is 2.43. The van der Waals surface area contributed by atoms with E-state index in [1.54, 1.807) is 19.0 Å². The fraction of sp³-hybridized carbons (Fsp3) is 0.900. The second-order valence-corrected chi connectivity index (χ2v) is 9.19. The van der Waals surface area contributed by atoms with Gasteiger partial charge in [-0.05, 0) is 46.5 Å². The molecule has 3 atom stereocenters. The highest BCUT2D eigenvalue weighted by Gasteiger charge is 2.31. The zero-order valence-electron chi connectivity index (χ0n) is 18.8. The molecule has 0 aliphatic carbocycles. The third-order valence-electron chi connectivity index (χ3n) is 4.83. The highest BCUT2D eigenvalue weighted by molar-refractivity contribution is 5.80. The van der Waals surface area contributed by atoms with Gasteiger partial charge < -0.3 is 20.3 Å². The molecule has 1 rings (SSSR count). The minimum absolute atomic E-state index is 0.272. The van der Waals surface area contributed by atoms with Gasteiger partial charge in [-0.25, -0.2) is 4.79 Å². The molecule has 0 bridgehead atoms. The van der Waals surface area contributed by atoms with Crippen LogP contribution in [0, 0.1) is 11.8 Å². The van der Waals surface area contributed by atoms with Gasteiger partial charge in [-0.2, -0.15) is 0 Å². The molecule has 1 aliphatic heterocycles. The second-order valence-electron chi connectivity index (χ2n) is 9.19. The highest BCUT2D eigenvalue weighted by atomic mass is 16.6. The van der Waals surface area contributed by atoms with E-state index in [4.69, 9.17) is 4.74 Å². The number of hydrogen-bond donors (Lipinski definition) is 2. The third kappa shape index (κ3) is 8.37. The van der Waals surface area contributed by atoms with Gasteiger partial charge in [0.05, 0.1) is 0 Å². The molecule has 1 amide bonds. The maximum atomic E-state index is 12.1. The molecule has 0 aromatic carbocycles. The molecule has 2 N–H and O–H groups in total. The van der Waals surface area contributed by atoms with Gasteiger partial charge >= 0.3 is 6.09 Å². The quantitative estimate of drug-likeness (QED) is 0.544. The number of nitrogens with one attached hydrogen (secondary N) is 2. The molecule has 1 aliphatic rings. The van der Waals surface area contributed by atoms with Gasteiger partial charge in [0.1, 0.15) is 5.60 Å². The summed E-state index contributed by atoms with van der Waals surface area (Å²) in [5.74, 6) is 1.68. The first-order chi connectivity index (χ1) is 12.4. The van der Waals surface area contributed by atoms with E-state index in [2.05, 4.69) is 48.2 Å². The normalized spacial score (nSPS) is 22.7. The number of hydrogen-bond acceptors (Lipinski definition) is 4. The zero-order valence-corrected chi connectivity index (χ0v) is 18.8.